The van der Waals surface area contributed by atoms with Crippen LogP contribution in [0.4, 0.5) is 5.82 Å². The molecule has 3 aromatic heterocycles. The number of carbonyl (C=O) groups is 1. The van der Waals surface area contributed by atoms with E-state index in [1.807, 2.05) is 50.6 Å². The third-order valence-corrected chi connectivity index (χ3v) is 5.14. The van der Waals surface area contributed by atoms with Crippen molar-refractivity contribution in [2.45, 2.75) is 48.0 Å². The smallest absolute Gasteiger partial charge is 0.226 e. The Hall–Kier alpha value is -3.55. The SMILES string of the molecule is Cc1cc(NC(=O)CC(C)(C)C)n(-c2ncnc3c2cnn3-c2cccc(C)c2C)n1. The van der Waals surface area contributed by atoms with Crippen molar-refractivity contribution in [2.24, 2.45) is 5.41 Å². The number of fused-ring (bicyclic) bond motifs is 1. The van der Waals surface area contributed by atoms with Crippen molar-refractivity contribution in [3.8, 4) is 11.5 Å². The first-order valence-electron chi connectivity index (χ1n) is 10.3. The molecule has 0 unspecified atom stereocenters. The van der Waals surface area contributed by atoms with Crippen molar-refractivity contribution in [1.29, 1.82) is 0 Å². The largest absolute Gasteiger partial charge is 0.311 e. The summed E-state index contributed by atoms with van der Waals surface area (Å²) in [6.45, 7) is 12.1. The van der Waals surface area contributed by atoms with Crippen molar-refractivity contribution >= 4 is 22.8 Å². The van der Waals surface area contributed by atoms with Crippen molar-refractivity contribution in [1.82, 2.24) is 29.5 Å². The summed E-state index contributed by atoms with van der Waals surface area (Å²) in [5.74, 6) is 1.08. The Bertz CT molecular complexity index is 1280. The van der Waals surface area contributed by atoms with E-state index in [2.05, 4.69) is 45.4 Å². The Morgan fingerprint density at radius 1 is 1.10 bits per heavy atom. The molecule has 31 heavy (non-hydrogen) atoms. The molecule has 0 spiro atoms. The van der Waals surface area contributed by atoms with Gasteiger partial charge in [0.25, 0.3) is 0 Å². The lowest BCUT2D eigenvalue weighted by molar-refractivity contribution is -0.117. The van der Waals surface area contributed by atoms with E-state index in [-0.39, 0.29) is 11.3 Å². The summed E-state index contributed by atoms with van der Waals surface area (Å²) in [6, 6.07) is 7.94. The second kappa shape index (κ2) is 7.61. The average Bonchev–Trinajstić information content (AvgIpc) is 3.25. The molecule has 0 atom stereocenters. The van der Waals surface area contributed by atoms with Crippen molar-refractivity contribution in [3.63, 3.8) is 0 Å². The standard InChI is InChI=1S/C23H27N7O/c1-14-8-7-9-18(16(14)3)29-21-17(12-26-29)22(25-13-24-21)30-19(10-15(2)28-30)27-20(31)11-23(4,5)6/h7-10,12-13H,11H2,1-6H3,(H,27,31). The molecule has 1 aromatic carbocycles. The molecule has 4 rings (SSSR count). The topological polar surface area (TPSA) is 90.5 Å². The lowest BCUT2D eigenvalue weighted by Gasteiger charge is -2.17. The van der Waals surface area contributed by atoms with Crippen LogP contribution in [0.5, 0.6) is 0 Å². The van der Waals surface area contributed by atoms with Gasteiger partial charge >= 0.3 is 0 Å². The van der Waals surface area contributed by atoms with Gasteiger partial charge in [0.1, 0.15) is 12.1 Å². The van der Waals surface area contributed by atoms with Crippen LogP contribution < -0.4 is 5.32 Å². The van der Waals surface area contributed by atoms with Gasteiger partial charge in [-0.3, -0.25) is 4.79 Å². The van der Waals surface area contributed by atoms with E-state index in [1.165, 1.54) is 11.9 Å². The Morgan fingerprint density at radius 2 is 1.87 bits per heavy atom. The van der Waals surface area contributed by atoms with Crippen LogP contribution >= 0.6 is 0 Å². The fourth-order valence-electron chi connectivity index (χ4n) is 3.56. The van der Waals surface area contributed by atoms with E-state index in [4.69, 9.17) is 0 Å². The molecule has 8 heteroatoms. The van der Waals surface area contributed by atoms with Gasteiger partial charge in [0.15, 0.2) is 11.5 Å². The Labute approximate surface area is 181 Å². The molecule has 3 heterocycles. The molecule has 0 aliphatic rings. The zero-order valence-electron chi connectivity index (χ0n) is 18.8. The highest BCUT2D eigenvalue weighted by Crippen LogP contribution is 2.26. The molecular formula is C23H27N7O. The van der Waals surface area contributed by atoms with E-state index < -0.39 is 0 Å². The van der Waals surface area contributed by atoms with Crippen molar-refractivity contribution in [2.75, 3.05) is 5.32 Å². The van der Waals surface area contributed by atoms with Crippen LogP contribution in [0.15, 0.2) is 36.8 Å². The number of aromatic nitrogens is 6. The molecule has 4 aromatic rings. The van der Waals surface area contributed by atoms with Crippen LogP contribution in [0.3, 0.4) is 0 Å². The van der Waals surface area contributed by atoms with Crippen LogP contribution in [0.2, 0.25) is 0 Å². The molecule has 8 nitrogen and oxygen atoms in total. The summed E-state index contributed by atoms with van der Waals surface area (Å²) in [7, 11) is 0. The number of benzene rings is 1. The van der Waals surface area contributed by atoms with Gasteiger partial charge in [-0.1, -0.05) is 32.9 Å². The number of rotatable bonds is 4. The minimum absolute atomic E-state index is 0.0648. The molecule has 0 aliphatic heterocycles. The normalized spacial score (nSPS) is 11.8. The minimum Gasteiger partial charge on any atom is -0.311 e. The van der Waals surface area contributed by atoms with Gasteiger partial charge in [0, 0.05) is 12.5 Å². The summed E-state index contributed by atoms with van der Waals surface area (Å²) < 4.78 is 3.46. The third kappa shape index (κ3) is 4.05. The Morgan fingerprint density at radius 3 is 2.61 bits per heavy atom. The monoisotopic (exact) mass is 417 g/mol. The van der Waals surface area contributed by atoms with E-state index in [1.54, 1.807) is 10.9 Å². The molecule has 0 saturated heterocycles. The van der Waals surface area contributed by atoms with Crippen LogP contribution in [0, 0.1) is 26.2 Å². The number of nitrogens with one attached hydrogen (secondary N) is 1. The summed E-state index contributed by atoms with van der Waals surface area (Å²) >= 11 is 0. The van der Waals surface area contributed by atoms with Gasteiger partial charge in [-0.2, -0.15) is 14.9 Å². The number of anilines is 1. The van der Waals surface area contributed by atoms with Crippen molar-refractivity contribution in [3.05, 3.63) is 53.6 Å². The average molecular weight is 418 g/mol. The summed E-state index contributed by atoms with van der Waals surface area (Å²) in [4.78, 5) is 21.5. The molecule has 1 amide bonds. The van der Waals surface area contributed by atoms with E-state index in [0.29, 0.717) is 23.7 Å². The maximum Gasteiger partial charge on any atom is 0.226 e. The number of amides is 1. The van der Waals surface area contributed by atoms with Crippen molar-refractivity contribution < 1.29 is 4.79 Å². The molecule has 1 N–H and O–H groups in total. The van der Waals surface area contributed by atoms with E-state index >= 15 is 0 Å². The number of hydrogen-bond donors (Lipinski definition) is 1. The van der Waals surface area contributed by atoms with Gasteiger partial charge in [0.05, 0.1) is 23.0 Å². The van der Waals surface area contributed by atoms with Crippen LogP contribution in [-0.2, 0) is 4.79 Å². The summed E-state index contributed by atoms with van der Waals surface area (Å²) in [6.07, 6.45) is 3.64. The molecule has 0 fully saturated rings. The minimum atomic E-state index is -0.112. The van der Waals surface area contributed by atoms with Gasteiger partial charge in [-0.15, -0.1) is 0 Å². The lowest BCUT2D eigenvalue weighted by atomic mass is 9.92. The van der Waals surface area contributed by atoms with Gasteiger partial charge in [-0.25, -0.2) is 14.6 Å². The highest BCUT2D eigenvalue weighted by molar-refractivity contribution is 5.91. The molecule has 160 valence electrons. The summed E-state index contributed by atoms with van der Waals surface area (Å²) in [5.41, 5.74) is 4.63. The number of aryl methyl sites for hydroxylation is 2. The third-order valence-electron chi connectivity index (χ3n) is 5.14. The quantitative estimate of drug-likeness (QED) is 0.535. The first-order valence-corrected chi connectivity index (χ1v) is 10.3. The lowest BCUT2D eigenvalue weighted by Crippen LogP contribution is -2.21. The highest BCUT2D eigenvalue weighted by Gasteiger charge is 2.20. The molecule has 0 bridgehead atoms. The molecule has 0 saturated carbocycles. The van der Waals surface area contributed by atoms with Gasteiger partial charge in [-0.05, 0) is 43.4 Å². The number of nitrogens with zero attached hydrogens (tertiary/aromatic N) is 6. The first kappa shape index (κ1) is 20.7. The fraction of sp³-hybridized carbons (Fsp3) is 0.348. The maximum absolute atomic E-state index is 12.5. The Balaban J connectivity index is 1.79. The predicted molar refractivity (Wildman–Crippen MR) is 121 cm³/mol. The highest BCUT2D eigenvalue weighted by atomic mass is 16.1. The van der Waals surface area contributed by atoms with Gasteiger partial charge < -0.3 is 5.32 Å². The molecule has 0 aliphatic carbocycles. The van der Waals surface area contributed by atoms with E-state index in [9.17, 15) is 4.79 Å². The fourth-order valence-corrected chi connectivity index (χ4v) is 3.56. The molecular weight excluding hydrogens is 390 g/mol. The van der Waals surface area contributed by atoms with Gasteiger partial charge in [0.2, 0.25) is 5.91 Å². The second-order valence-electron chi connectivity index (χ2n) is 9.08. The number of carbonyl (C=O) groups excluding carboxylic acids is 1. The maximum atomic E-state index is 12.5. The second-order valence-corrected chi connectivity index (χ2v) is 9.08. The number of hydrogen-bond acceptors (Lipinski definition) is 5. The zero-order valence-corrected chi connectivity index (χ0v) is 18.8. The van der Waals surface area contributed by atoms with Crippen LogP contribution in [0.25, 0.3) is 22.5 Å². The predicted octanol–water partition coefficient (Wildman–Crippen LogP) is 4.30. The summed E-state index contributed by atoms with van der Waals surface area (Å²) in [5, 5.41) is 12.9. The van der Waals surface area contributed by atoms with Crippen LogP contribution in [-0.4, -0.2) is 35.4 Å². The van der Waals surface area contributed by atoms with Crippen LogP contribution in [0.1, 0.15) is 44.0 Å². The molecule has 0 radical (unpaired) electrons. The van der Waals surface area contributed by atoms with E-state index in [0.717, 1.165) is 22.3 Å². The Kier molecular flexibility index (Phi) is 5.08. The first-order chi connectivity index (χ1) is 14.6. The zero-order chi connectivity index (χ0) is 22.3.